The maximum atomic E-state index is 12.8. The highest BCUT2D eigenvalue weighted by molar-refractivity contribution is 7.19. The van der Waals surface area contributed by atoms with E-state index in [0.717, 1.165) is 64.0 Å². The van der Waals surface area contributed by atoms with Gasteiger partial charge in [-0.25, -0.2) is 9.97 Å². The third kappa shape index (κ3) is 6.43. The number of nitrogens with one attached hydrogen (secondary N) is 1. The number of thiophene rings is 1. The first kappa shape index (κ1) is 28.0. The van der Waals surface area contributed by atoms with Crippen LogP contribution in [0.3, 0.4) is 0 Å². The van der Waals surface area contributed by atoms with Crippen molar-refractivity contribution in [1.29, 1.82) is 0 Å². The van der Waals surface area contributed by atoms with E-state index in [1.807, 2.05) is 54.3 Å². The molecule has 4 aromatic rings. The van der Waals surface area contributed by atoms with Gasteiger partial charge in [0.2, 0.25) is 5.91 Å². The van der Waals surface area contributed by atoms with Crippen molar-refractivity contribution in [3.63, 3.8) is 0 Å². The zero-order chi connectivity index (χ0) is 28.1. The number of likely N-dealkylation sites (N-methyl/N-ethyl adjacent to an activating group) is 1. The van der Waals surface area contributed by atoms with Gasteiger partial charge in [-0.2, -0.15) is 0 Å². The largest absolute Gasteiger partial charge is 0.486 e. The van der Waals surface area contributed by atoms with Crippen molar-refractivity contribution in [3.8, 4) is 5.75 Å². The molecule has 8 nitrogen and oxygen atoms in total. The standard InChI is InChI=1S/C30H33ClN6O2S/c1-4-36(5-2)14-7-10-27(38)37-15-13-23-26(17-37)40-30-28(23)29(32-19-33-30)35-21-11-12-25(24(31)16-21)39-18-22-9-6-8-20(3)34-22/h6-12,16,19H,4-5,13-15,17-18H2,1-3H3,(H,32,33,35). The molecule has 1 aromatic carbocycles. The summed E-state index contributed by atoms with van der Waals surface area (Å²) in [5, 5.41) is 4.93. The van der Waals surface area contributed by atoms with Gasteiger partial charge in [0.1, 0.15) is 29.3 Å². The van der Waals surface area contributed by atoms with Crippen molar-refractivity contribution in [3.05, 3.63) is 81.7 Å². The first-order valence-corrected chi connectivity index (χ1v) is 14.7. The number of benzene rings is 1. The summed E-state index contributed by atoms with van der Waals surface area (Å²) in [7, 11) is 0. The Morgan fingerprint density at radius 1 is 1.23 bits per heavy atom. The van der Waals surface area contributed by atoms with Crippen LogP contribution in [0.5, 0.6) is 5.75 Å². The highest BCUT2D eigenvalue weighted by Crippen LogP contribution is 2.38. The Bertz CT molecular complexity index is 1530. The number of nitrogens with zero attached hydrogens (tertiary/aromatic N) is 5. The molecule has 208 valence electrons. The first-order chi connectivity index (χ1) is 19.4. The molecule has 0 saturated carbocycles. The molecule has 0 spiro atoms. The van der Waals surface area contributed by atoms with Crippen LogP contribution in [0.15, 0.2) is 54.9 Å². The van der Waals surface area contributed by atoms with Crippen LogP contribution in [0.4, 0.5) is 11.5 Å². The van der Waals surface area contributed by atoms with Crippen LogP contribution in [0.2, 0.25) is 5.02 Å². The van der Waals surface area contributed by atoms with E-state index < -0.39 is 0 Å². The third-order valence-electron chi connectivity index (χ3n) is 6.98. The van der Waals surface area contributed by atoms with Gasteiger partial charge in [-0.15, -0.1) is 11.3 Å². The molecule has 1 N–H and O–H groups in total. The maximum Gasteiger partial charge on any atom is 0.246 e. The molecular formula is C30H33ClN6O2S. The van der Waals surface area contributed by atoms with E-state index in [2.05, 4.69) is 39.0 Å². The predicted octanol–water partition coefficient (Wildman–Crippen LogP) is 6.15. The SMILES string of the molecule is CCN(CC)CC=CC(=O)N1CCc2c(sc3ncnc(Nc4ccc(OCc5cccc(C)n5)c(Cl)c4)c23)C1. The summed E-state index contributed by atoms with van der Waals surface area (Å²) >= 11 is 8.18. The van der Waals surface area contributed by atoms with Crippen molar-refractivity contribution in [2.75, 3.05) is 31.5 Å². The number of pyridine rings is 1. The Hall–Kier alpha value is -3.53. The fraction of sp³-hybridized carbons (Fsp3) is 0.333. The first-order valence-electron chi connectivity index (χ1n) is 13.5. The number of rotatable bonds is 10. The topological polar surface area (TPSA) is 83.5 Å². The highest BCUT2D eigenvalue weighted by atomic mass is 35.5. The molecule has 1 amide bonds. The van der Waals surface area contributed by atoms with Crippen molar-refractivity contribution >= 4 is 50.6 Å². The Morgan fingerprint density at radius 2 is 2.08 bits per heavy atom. The molecule has 0 saturated heterocycles. The van der Waals surface area contributed by atoms with Gasteiger partial charge in [-0.1, -0.05) is 37.6 Å². The van der Waals surface area contributed by atoms with Gasteiger partial charge in [0, 0.05) is 35.4 Å². The van der Waals surface area contributed by atoms with E-state index in [1.165, 1.54) is 5.56 Å². The molecule has 0 radical (unpaired) electrons. The van der Waals surface area contributed by atoms with Gasteiger partial charge in [0.25, 0.3) is 0 Å². The summed E-state index contributed by atoms with van der Waals surface area (Å²) in [5.74, 6) is 1.37. The number of carbonyl (C=O) groups excluding carboxylic acids is 1. The molecule has 0 bridgehead atoms. The highest BCUT2D eigenvalue weighted by Gasteiger charge is 2.25. The number of ether oxygens (including phenoxy) is 1. The lowest BCUT2D eigenvalue weighted by molar-refractivity contribution is -0.126. The summed E-state index contributed by atoms with van der Waals surface area (Å²) in [6.45, 7) is 10.5. The van der Waals surface area contributed by atoms with Crippen LogP contribution < -0.4 is 10.1 Å². The van der Waals surface area contributed by atoms with Crippen LogP contribution >= 0.6 is 22.9 Å². The molecule has 4 heterocycles. The second-order valence-electron chi connectivity index (χ2n) is 9.63. The van der Waals surface area contributed by atoms with E-state index in [9.17, 15) is 4.79 Å². The number of amides is 1. The molecule has 40 heavy (non-hydrogen) atoms. The van der Waals surface area contributed by atoms with Gasteiger partial charge in [-0.3, -0.25) is 9.78 Å². The number of carbonyl (C=O) groups is 1. The summed E-state index contributed by atoms with van der Waals surface area (Å²) in [5.41, 5.74) is 3.80. The second kappa shape index (κ2) is 12.8. The van der Waals surface area contributed by atoms with Gasteiger partial charge in [-0.05, 0) is 62.3 Å². The van der Waals surface area contributed by atoms with E-state index in [0.29, 0.717) is 30.5 Å². The molecule has 0 fully saturated rings. The Morgan fingerprint density at radius 3 is 2.85 bits per heavy atom. The lowest BCUT2D eigenvalue weighted by atomic mass is 10.0. The summed E-state index contributed by atoms with van der Waals surface area (Å²) in [4.78, 5) is 32.6. The summed E-state index contributed by atoms with van der Waals surface area (Å²) < 4.78 is 5.91. The lowest BCUT2D eigenvalue weighted by Crippen LogP contribution is -2.34. The zero-order valence-electron chi connectivity index (χ0n) is 23.0. The predicted molar refractivity (Wildman–Crippen MR) is 162 cm³/mol. The number of hydrogen-bond acceptors (Lipinski definition) is 8. The number of halogens is 1. The Balaban J connectivity index is 1.28. The van der Waals surface area contributed by atoms with Crippen molar-refractivity contribution in [2.24, 2.45) is 0 Å². The number of aryl methyl sites for hydroxylation is 1. The van der Waals surface area contributed by atoms with Gasteiger partial charge >= 0.3 is 0 Å². The van der Waals surface area contributed by atoms with Crippen molar-refractivity contribution < 1.29 is 9.53 Å². The van der Waals surface area contributed by atoms with Crippen LogP contribution in [-0.4, -0.2) is 56.8 Å². The number of fused-ring (bicyclic) bond motifs is 3. The monoisotopic (exact) mass is 576 g/mol. The summed E-state index contributed by atoms with van der Waals surface area (Å²) in [6, 6.07) is 11.4. The normalized spacial score (nSPS) is 13.3. The van der Waals surface area contributed by atoms with Crippen molar-refractivity contribution in [2.45, 2.75) is 40.3 Å². The number of hydrogen-bond donors (Lipinski definition) is 1. The van der Waals surface area contributed by atoms with Gasteiger partial charge in [0.05, 0.1) is 22.6 Å². The van der Waals surface area contributed by atoms with Gasteiger partial charge in [0.15, 0.2) is 0 Å². The van der Waals surface area contributed by atoms with Crippen LogP contribution in [-0.2, 0) is 24.4 Å². The van der Waals surface area contributed by atoms with E-state index in [1.54, 1.807) is 23.7 Å². The molecule has 0 atom stereocenters. The second-order valence-corrected chi connectivity index (χ2v) is 11.1. The minimum atomic E-state index is 0.0508. The van der Waals surface area contributed by atoms with Crippen molar-refractivity contribution in [1.82, 2.24) is 24.8 Å². The van der Waals surface area contributed by atoms with E-state index >= 15 is 0 Å². The molecule has 1 aliphatic rings. The average Bonchev–Trinajstić information content (AvgIpc) is 3.34. The third-order valence-corrected chi connectivity index (χ3v) is 8.40. The molecule has 5 rings (SSSR count). The fourth-order valence-corrected chi connectivity index (χ4v) is 6.20. The molecule has 1 aliphatic heterocycles. The van der Waals surface area contributed by atoms with Crippen LogP contribution in [0.25, 0.3) is 10.2 Å². The molecule has 0 unspecified atom stereocenters. The van der Waals surface area contributed by atoms with E-state index in [4.69, 9.17) is 16.3 Å². The maximum absolute atomic E-state index is 12.8. The fourth-order valence-electron chi connectivity index (χ4n) is 4.76. The minimum absolute atomic E-state index is 0.0508. The number of anilines is 2. The number of aromatic nitrogens is 3. The molecular weight excluding hydrogens is 544 g/mol. The van der Waals surface area contributed by atoms with Crippen LogP contribution in [0, 0.1) is 6.92 Å². The molecule has 3 aromatic heterocycles. The Labute approximate surface area is 243 Å². The quantitative estimate of drug-likeness (QED) is 0.227. The van der Waals surface area contributed by atoms with Gasteiger partial charge < -0.3 is 19.9 Å². The lowest BCUT2D eigenvalue weighted by Gasteiger charge is -2.26. The minimum Gasteiger partial charge on any atom is -0.486 e. The Kier molecular flexibility index (Phi) is 8.94. The molecule has 10 heteroatoms. The average molecular weight is 577 g/mol. The van der Waals surface area contributed by atoms with Crippen LogP contribution in [0.1, 0.15) is 35.7 Å². The molecule has 0 aliphatic carbocycles. The zero-order valence-corrected chi connectivity index (χ0v) is 24.6. The summed E-state index contributed by atoms with van der Waals surface area (Å²) in [6.07, 6.45) is 6.00. The smallest absolute Gasteiger partial charge is 0.246 e. The van der Waals surface area contributed by atoms with E-state index in [-0.39, 0.29) is 5.91 Å².